The summed E-state index contributed by atoms with van der Waals surface area (Å²) in [5, 5.41) is 11.5. The molecule has 0 aromatic heterocycles. The molecular weight excluding hydrogens is 619 g/mol. The van der Waals surface area contributed by atoms with E-state index in [-0.39, 0.29) is 25.8 Å². The Balaban J connectivity index is 1.34. The summed E-state index contributed by atoms with van der Waals surface area (Å²) in [7, 11) is 0. The van der Waals surface area contributed by atoms with E-state index in [1.54, 1.807) is 12.1 Å². The third kappa shape index (κ3) is 9.63. The van der Waals surface area contributed by atoms with Crippen molar-refractivity contribution in [2.75, 3.05) is 0 Å². The second kappa shape index (κ2) is 15.3. The van der Waals surface area contributed by atoms with Crippen LogP contribution in [0.25, 0.3) is 11.1 Å². The Bertz CT molecular complexity index is 1770. The molecule has 1 saturated carbocycles. The molecule has 0 spiro atoms. The van der Waals surface area contributed by atoms with E-state index in [2.05, 4.69) is 21.3 Å². The Morgan fingerprint density at radius 2 is 1.43 bits per heavy atom. The fourth-order valence-electron chi connectivity index (χ4n) is 5.98. The molecule has 1 unspecified atom stereocenters. The van der Waals surface area contributed by atoms with Crippen LogP contribution in [0.2, 0.25) is 0 Å². The highest BCUT2D eigenvalue weighted by atomic mass is 19.1. The molecule has 9 heteroatoms. The Labute approximate surface area is 286 Å². The van der Waals surface area contributed by atoms with Gasteiger partial charge < -0.3 is 21.3 Å². The molecule has 0 bridgehead atoms. The normalized spacial score (nSPS) is 17.3. The quantitative estimate of drug-likeness (QED) is 0.150. The van der Waals surface area contributed by atoms with Crippen molar-refractivity contribution in [3.63, 3.8) is 0 Å². The van der Waals surface area contributed by atoms with Gasteiger partial charge in [-0.1, -0.05) is 91.0 Å². The minimum atomic E-state index is -1.36. The van der Waals surface area contributed by atoms with Crippen molar-refractivity contribution in [2.24, 2.45) is 0 Å². The van der Waals surface area contributed by atoms with Crippen LogP contribution < -0.4 is 21.3 Å². The van der Waals surface area contributed by atoms with E-state index in [4.69, 9.17) is 0 Å². The van der Waals surface area contributed by atoms with E-state index >= 15 is 0 Å². The first-order valence-corrected chi connectivity index (χ1v) is 16.6. The fourth-order valence-corrected chi connectivity index (χ4v) is 5.98. The van der Waals surface area contributed by atoms with Crippen LogP contribution in [0.3, 0.4) is 0 Å². The van der Waals surface area contributed by atoms with Gasteiger partial charge in [0.25, 0.3) is 0 Å². The number of carbonyl (C=O) groups excluding carboxylic acids is 4. The molecular formula is C40H43FN4O4. The Morgan fingerprint density at radius 3 is 2.10 bits per heavy atom. The summed E-state index contributed by atoms with van der Waals surface area (Å²) in [5.41, 5.74) is 2.66. The number of nitrogens with one attached hydrogen (secondary N) is 4. The summed E-state index contributed by atoms with van der Waals surface area (Å²) in [6.45, 7) is 5.68. The fraction of sp³-hybridized carbons (Fsp3) is 0.300. The van der Waals surface area contributed by atoms with Gasteiger partial charge in [0.05, 0.1) is 6.42 Å². The predicted molar refractivity (Wildman–Crippen MR) is 188 cm³/mol. The van der Waals surface area contributed by atoms with E-state index in [0.717, 1.165) is 22.3 Å². The third-order valence-corrected chi connectivity index (χ3v) is 8.51. The van der Waals surface area contributed by atoms with Gasteiger partial charge in [0.15, 0.2) is 0 Å². The molecule has 0 radical (unpaired) electrons. The molecule has 4 aromatic rings. The van der Waals surface area contributed by atoms with E-state index in [1.807, 2.05) is 106 Å². The maximum Gasteiger partial charge on any atom is 0.246 e. The van der Waals surface area contributed by atoms with Crippen LogP contribution in [0.15, 0.2) is 109 Å². The molecule has 0 aliphatic heterocycles. The summed E-state index contributed by atoms with van der Waals surface area (Å²) in [4.78, 5) is 54.0. The highest BCUT2D eigenvalue weighted by Gasteiger charge is 2.62. The number of rotatable bonds is 13. The molecule has 49 heavy (non-hydrogen) atoms. The minimum absolute atomic E-state index is 0.112. The lowest BCUT2D eigenvalue weighted by Gasteiger charge is -2.26. The summed E-state index contributed by atoms with van der Waals surface area (Å²) in [6, 6.07) is 31.8. The third-order valence-electron chi connectivity index (χ3n) is 8.51. The molecule has 4 amide bonds. The van der Waals surface area contributed by atoms with Gasteiger partial charge in [-0.25, -0.2) is 4.39 Å². The average molecular weight is 663 g/mol. The van der Waals surface area contributed by atoms with E-state index in [9.17, 15) is 23.6 Å². The Hall–Kier alpha value is -5.31. The Kier molecular flexibility index (Phi) is 10.9. The molecule has 4 N–H and O–H groups in total. The van der Waals surface area contributed by atoms with Crippen molar-refractivity contribution < 1.29 is 23.6 Å². The molecule has 0 heterocycles. The van der Waals surface area contributed by atoms with Crippen LogP contribution in [0.4, 0.5) is 4.39 Å². The first-order chi connectivity index (χ1) is 23.4. The molecule has 1 fully saturated rings. The van der Waals surface area contributed by atoms with Crippen LogP contribution in [-0.4, -0.2) is 40.7 Å². The highest BCUT2D eigenvalue weighted by molar-refractivity contribution is 5.99. The van der Waals surface area contributed by atoms with Crippen LogP contribution in [0.1, 0.15) is 62.6 Å². The summed E-state index contributed by atoms with van der Waals surface area (Å²) in [5.74, 6) is -2.72. The SMILES string of the molecule is CC(C)(C)NC(=O)C[C@H](NC(=O)CCc1ccccc1)C(=O)N[C@]1(C(=O)NCc2cccc(-c3ccccc3)c2)CC1c1ccc(F)cc1. The summed E-state index contributed by atoms with van der Waals surface area (Å²) >= 11 is 0. The zero-order valence-electron chi connectivity index (χ0n) is 28.1. The van der Waals surface area contributed by atoms with Crippen molar-refractivity contribution in [1.29, 1.82) is 0 Å². The Morgan fingerprint density at radius 1 is 0.796 bits per heavy atom. The molecule has 3 atom stereocenters. The van der Waals surface area contributed by atoms with Crippen LogP contribution in [0.5, 0.6) is 0 Å². The van der Waals surface area contributed by atoms with E-state index < -0.39 is 52.5 Å². The zero-order chi connectivity index (χ0) is 35.0. The van der Waals surface area contributed by atoms with Crippen LogP contribution in [-0.2, 0) is 32.1 Å². The average Bonchev–Trinajstić information content (AvgIpc) is 3.81. The van der Waals surface area contributed by atoms with Gasteiger partial charge in [-0.3, -0.25) is 19.2 Å². The zero-order valence-corrected chi connectivity index (χ0v) is 28.1. The van der Waals surface area contributed by atoms with Gasteiger partial charge in [-0.15, -0.1) is 0 Å². The predicted octanol–water partition coefficient (Wildman–Crippen LogP) is 5.57. The van der Waals surface area contributed by atoms with Crippen molar-refractivity contribution in [3.8, 4) is 11.1 Å². The maximum atomic E-state index is 14.0. The molecule has 1 aliphatic rings. The van der Waals surface area contributed by atoms with Crippen molar-refractivity contribution >= 4 is 23.6 Å². The molecule has 8 nitrogen and oxygen atoms in total. The lowest BCUT2D eigenvalue weighted by molar-refractivity contribution is -0.134. The number of hydrogen-bond acceptors (Lipinski definition) is 4. The standard InChI is InChI=1S/C40H43FN4O4/c1-39(2,3)44-36(47)24-34(43-35(46)22-17-27-11-6-4-7-12-27)37(48)45-40(25-33(40)30-18-20-32(41)21-19-30)38(49)42-26-28-13-10-16-31(23-28)29-14-8-5-9-15-29/h4-16,18-21,23,33-34H,17,22,24-26H2,1-3H3,(H,42,49)(H,43,46)(H,44,47)(H,45,48)/t33?,34-,40+/m0/s1. The number of amides is 4. The second-order valence-corrected chi connectivity index (χ2v) is 13.6. The first-order valence-electron chi connectivity index (χ1n) is 16.6. The molecule has 254 valence electrons. The highest BCUT2D eigenvalue weighted by Crippen LogP contribution is 2.52. The van der Waals surface area contributed by atoms with Gasteiger partial charge >= 0.3 is 0 Å². The lowest BCUT2D eigenvalue weighted by atomic mass is 10.0. The maximum absolute atomic E-state index is 14.0. The van der Waals surface area contributed by atoms with Crippen molar-refractivity contribution in [2.45, 2.75) is 76.0 Å². The first kappa shape index (κ1) is 35.0. The summed E-state index contributed by atoms with van der Waals surface area (Å²) < 4.78 is 13.8. The van der Waals surface area contributed by atoms with Crippen molar-refractivity contribution in [3.05, 3.63) is 132 Å². The van der Waals surface area contributed by atoms with E-state index in [0.29, 0.717) is 12.0 Å². The topological polar surface area (TPSA) is 116 Å². The van der Waals surface area contributed by atoms with Crippen LogP contribution >= 0.6 is 0 Å². The van der Waals surface area contributed by atoms with Gasteiger partial charge in [-0.2, -0.15) is 0 Å². The lowest BCUT2D eigenvalue weighted by Crippen LogP contribution is -2.57. The molecule has 1 aliphatic carbocycles. The number of benzene rings is 4. The van der Waals surface area contributed by atoms with Crippen molar-refractivity contribution in [1.82, 2.24) is 21.3 Å². The van der Waals surface area contributed by atoms with Gasteiger partial charge in [0.1, 0.15) is 17.4 Å². The number of carbonyl (C=O) groups is 4. The molecule has 4 aromatic carbocycles. The number of halogens is 1. The number of aryl methyl sites for hydroxylation is 1. The summed E-state index contributed by atoms with van der Waals surface area (Å²) in [6.07, 6.45) is 0.523. The minimum Gasteiger partial charge on any atom is -0.351 e. The van der Waals surface area contributed by atoms with Gasteiger partial charge in [0.2, 0.25) is 23.6 Å². The van der Waals surface area contributed by atoms with E-state index in [1.165, 1.54) is 12.1 Å². The smallest absolute Gasteiger partial charge is 0.246 e. The molecule has 5 rings (SSSR count). The van der Waals surface area contributed by atoms with Gasteiger partial charge in [0, 0.05) is 24.4 Å². The second-order valence-electron chi connectivity index (χ2n) is 13.6. The monoisotopic (exact) mass is 662 g/mol. The van der Waals surface area contributed by atoms with Crippen LogP contribution in [0, 0.1) is 5.82 Å². The van der Waals surface area contributed by atoms with Gasteiger partial charge in [-0.05, 0) is 79.6 Å². The molecule has 0 saturated heterocycles. The largest absolute Gasteiger partial charge is 0.351 e. The number of hydrogen-bond donors (Lipinski definition) is 4.